The predicted octanol–water partition coefficient (Wildman–Crippen LogP) is 2.31. The van der Waals surface area contributed by atoms with Crippen LogP contribution < -0.4 is 5.73 Å². The van der Waals surface area contributed by atoms with Gasteiger partial charge in [-0.2, -0.15) is 4.98 Å². The Bertz CT molecular complexity index is 575. The molecule has 1 saturated heterocycles. The summed E-state index contributed by atoms with van der Waals surface area (Å²) in [5.74, 6) is 2.36. The molecule has 126 valence electrons. The van der Waals surface area contributed by atoms with Crippen LogP contribution in [0.15, 0.2) is 4.52 Å². The van der Waals surface area contributed by atoms with Gasteiger partial charge in [-0.15, -0.1) is 0 Å². The fourth-order valence-corrected chi connectivity index (χ4v) is 3.99. The zero-order chi connectivity index (χ0) is 15.9. The average Bonchev–Trinajstić information content (AvgIpc) is 3.32. The number of nitrogens with zero attached hydrogens (tertiary/aromatic N) is 3. The summed E-state index contributed by atoms with van der Waals surface area (Å²) in [6.07, 6.45) is 9.29. The number of nitrogens with two attached hydrogens (primary N) is 1. The molecule has 6 heteroatoms. The molecule has 4 rings (SSSR count). The number of likely N-dealkylation sites (tertiary alicyclic amines) is 1. The van der Waals surface area contributed by atoms with E-state index in [4.69, 9.17) is 10.3 Å². The molecule has 2 saturated carbocycles. The summed E-state index contributed by atoms with van der Waals surface area (Å²) >= 11 is 0. The van der Waals surface area contributed by atoms with Crippen LogP contribution in [0, 0.1) is 0 Å². The number of amides is 1. The predicted molar refractivity (Wildman–Crippen MR) is 84.8 cm³/mol. The van der Waals surface area contributed by atoms with Crippen molar-refractivity contribution in [2.45, 2.75) is 75.2 Å². The second-order valence-electron chi connectivity index (χ2n) is 7.57. The first-order valence-electron chi connectivity index (χ1n) is 9.07. The Kier molecular flexibility index (Phi) is 3.87. The van der Waals surface area contributed by atoms with Gasteiger partial charge in [0, 0.05) is 24.9 Å². The maximum Gasteiger partial charge on any atom is 0.242 e. The van der Waals surface area contributed by atoms with Crippen LogP contribution >= 0.6 is 0 Å². The maximum atomic E-state index is 12.9. The highest BCUT2D eigenvalue weighted by atomic mass is 16.5. The van der Waals surface area contributed by atoms with E-state index in [0.29, 0.717) is 12.5 Å². The van der Waals surface area contributed by atoms with Gasteiger partial charge in [0.25, 0.3) is 0 Å². The Morgan fingerprint density at radius 3 is 2.65 bits per heavy atom. The molecule has 1 atom stereocenters. The third kappa shape index (κ3) is 3.01. The van der Waals surface area contributed by atoms with Crippen molar-refractivity contribution >= 4 is 5.91 Å². The molecule has 2 N–H and O–H groups in total. The first-order valence-corrected chi connectivity index (χ1v) is 9.07. The molecular weight excluding hydrogens is 292 g/mol. The van der Waals surface area contributed by atoms with Crippen LogP contribution in [0.2, 0.25) is 0 Å². The van der Waals surface area contributed by atoms with Crippen LogP contribution in [-0.4, -0.2) is 39.6 Å². The molecule has 1 aromatic heterocycles. The van der Waals surface area contributed by atoms with Crippen molar-refractivity contribution in [1.82, 2.24) is 15.0 Å². The first-order chi connectivity index (χ1) is 11.2. The Morgan fingerprint density at radius 1 is 1.13 bits per heavy atom. The third-order valence-electron chi connectivity index (χ3n) is 5.63. The maximum absolute atomic E-state index is 12.9. The molecule has 2 heterocycles. The number of hydrogen-bond donors (Lipinski definition) is 1. The van der Waals surface area contributed by atoms with Crippen molar-refractivity contribution in [2.75, 3.05) is 13.1 Å². The van der Waals surface area contributed by atoms with E-state index in [1.165, 1.54) is 6.42 Å². The first kappa shape index (κ1) is 15.1. The Hall–Kier alpha value is -1.43. The highest BCUT2D eigenvalue weighted by Gasteiger charge is 2.40. The van der Waals surface area contributed by atoms with Crippen LogP contribution in [0.25, 0.3) is 0 Å². The number of rotatable bonds is 3. The third-order valence-corrected chi connectivity index (χ3v) is 5.63. The lowest BCUT2D eigenvalue weighted by atomic mass is 9.81. The second kappa shape index (κ2) is 5.89. The summed E-state index contributed by atoms with van der Waals surface area (Å²) in [7, 11) is 0. The van der Waals surface area contributed by atoms with E-state index in [2.05, 4.69) is 10.1 Å². The number of piperidine rings is 1. The quantitative estimate of drug-likeness (QED) is 0.924. The fourth-order valence-electron chi connectivity index (χ4n) is 3.99. The van der Waals surface area contributed by atoms with Gasteiger partial charge in [-0.25, -0.2) is 0 Å². The summed E-state index contributed by atoms with van der Waals surface area (Å²) in [5.41, 5.74) is 5.79. The molecule has 0 spiro atoms. The van der Waals surface area contributed by atoms with Crippen molar-refractivity contribution in [1.29, 1.82) is 0 Å². The minimum atomic E-state index is -0.642. The van der Waals surface area contributed by atoms with Crippen molar-refractivity contribution in [2.24, 2.45) is 5.73 Å². The molecule has 1 aliphatic heterocycles. The standard InChI is InChI=1S/C17H26N4O2/c18-17(8-2-1-3-9-17)16(22)21-10-4-5-13(11-21)14-19-15(23-20-14)12-6-7-12/h12-13H,1-11,18H2. The normalized spacial score (nSPS) is 27.9. The van der Waals surface area contributed by atoms with Gasteiger partial charge in [-0.3, -0.25) is 4.79 Å². The fraction of sp³-hybridized carbons (Fsp3) is 0.824. The van der Waals surface area contributed by atoms with Gasteiger partial charge in [0.05, 0.1) is 5.54 Å². The highest BCUT2D eigenvalue weighted by molar-refractivity contribution is 5.86. The zero-order valence-electron chi connectivity index (χ0n) is 13.7. The van der Waals surface area contributed by atoms with Crippen LogP contribution in [0.1, 0.15) is 81.3 Å². The van der Waals surface area contributed by atoms with E-state index in [0.717, 1.165) is 69.6 Å². The molecule has 1 aromatic rings. The molecule has 1 unspecified atom stereocenters. The van der Waals surface area contributed by atoms with Crippen LogP contribution in [0.3, 0.4) is 0 Å². The van der Waals surface area contributed by atoms with Crippen LogP contribution in [0.4, 0.5) is 0 Å². The summed E-state index contributed by atoms with van der Waals surface area (Å²) in [4.78, 5) is 19.4. The Labute approximate surface area is 136 Å². The molecule has 2 aliphatic carbocycles. The van der Waals surface area contributed by atoms with E-state index in [1.54, 1.807) is 0 Å². The lowest BCUT2D eigenvalue weighted by Gasteiger charge is -2.40. The zero-order valence-corrected chi connectivity index (χ0v) is 13.7. The van der Waals surface area contributed by atoms with Crippen molar-refractivity contribution in [3.8, 4) is 0 Å². The molecule has 3 fully saturated rings. The van der Waals surface area contributed by atoms with Crippen LogP contribution in [-0.2, 0) is 4.79 Å². The summed E-state index contributed by atoms with van der Waals surface area (Å²) in [5, 5.41) is 4.17. The van der Waals surface area contributed by atoms with Crippen molar-refractivity contribution in [3.05, 3.63) is 11.7 Å². The summed E-state index contributed by atoms with van der Waals surface area (Å²) in [6, 6.07) is 0. The summed E-state index contributed by atoms with van der Waals surface area (Å²) < 4.78 is 5.38. The van der Waals surface area contributed by atoms with Gasteiger partial charge < -0.3 is 15.2 Å². The Morgan fingerprint density at radius 2 is 1.91 bits per heavy atom. The molecule has 6 nitrogen and oxygen atoms in total. The molecular formula is C17H26N4O2. The van der Waals surface area contributed by atoms with E-state index < -0.39 is 5.54 Å². The second-order valence-corrected chi connectivity index (χ2v) is 7.57. The smallest absolute Gasteiger partial charge is 0.242 e. The molecule has 0 bridgehead atoms. The largest absolute Gasteiger partial charge is 0.340 e. The monoisotopic (exact) mass is 318 g/mol. The van der Waals surface area contributed by atoms with Gasteiger partial charge in [-0.1, -0.05) is 24.4 Å². The van der Waals surface area contributed by atoms with Gasteiger partial charge in [0.15, 0.2) is 5.82 Å². The van der Waals surface area contributed by atoms with Gasteiger partial charge >= 0.3 is 0 Å². The number of carbonyl (C=O) groups is 1. The number of hydrogen-bond acceptors (Lipinski definition) is 5. The van der Waals surface area contributed by atoms with Gasteiger partial charge in [0.2, 0.25) is 11.8 Å². The van der Waals surface area contributed by atoms with Gasteiger partial charge in [0.1, 0.15) is 0 Å². The minimum absolute atomic E-state index is 0.132. The molecule has 3 aliphatic rings. The summed E-state index contributed by atoms with van der Waals surface area (Å²) in [6.45, 7) is 1.49. The van der Waals surface area contributed by atoms with Crippen molar-refractivity contribution in [3.63, 3.8) is 0 Å². The molecule has 0 aromatic carbocycles. The SMILES string of the molecule is NC1(C(=O)N2CCCC(c3noc(C4CC4)n3)C2)CCCCC1. The van der Waals surface area contributed by atoms with Crippen LogP contribution in [0.5, 0.6) is 0 Å². The lowest BCUT2D eigenvalue weighted by molar-refractivity contribution is -0.139. The lowest BCUT2D eigenvalue weighted by Crippen LogP contribution is -2.57. The van der Waals surface area contributed by atoms with E-state index in [1.807, 2.05) is 4.90 Å². The van der Waals surface area contributed by atoms with E-state index >= 15 is 0 Å². The number of carbonyl (C=O) groups excluding carboxylic acids is 1. The molecule has 1 amide bonds. The highest BCUT2D eigenvalue weighted by Crippen LogP contribution is 2.40. The minimum Gasteiger partial charge on any atom is -0.340 e. The van der Waals surface area contributed by atoms with E-state index in [-0.39, 0.29) is 11.8 Å². The number of aromatic nitrogens is 2. The Balaban J connectivity index is 1.44. The van der Waals surface area contributed by atoms with E-state index in [9.17, 15) is 4.79 Å². The molecule has 23 heavy (non-hydrogen) atoms. The van der Waals surface area contributed by atoms with Gasteiger partial charge in [-0.05, 0) is 38.5 Å². The van der Waals surface area contributed by atoms with Crippen molar-refractivity contribution < 1.29 is 9.32 Å². The molecule has 0 radical (unpaired) electrons. The average molecular weight is 318 g/mol. The topological polar surface area (TPSA) is 85.3 Å².